The third-order valence-electron chi connectivity index (χ3n) is 4.69. The number of halogens is 2. The molecule has 2 aromatic carbocycles. The molecule has 3 aromatic rings. The maximum Gasteiger partial charge on any atom is 0.274 e. The Bertz CT molecular complexity index is 1090. The Labute approximate surface area is 173 Å². The Hall–Kier alpha value is -2.50. The lowest BCUT2D eigenvalue weighted by Crippen LogP contribution is -2.30. The van der Waals surface area contributed by atoms with Crippen LogP contribution in [0.15, 0.2) is 47.3 Å². The Morgan fingerprint density at radius 3 is 2.57 bits per heavy atom. The molecular formula is C21H21Cl2N3O2. The number of aryl methyl sites for hydroxylation is 2. The molecule has 0 saturated heterocycles. The largest absolute Gasteiger partial charge is 0.383 e. The first kappa shape index (κ1) is 20.2. The number of pyridine rings is 1. The molecule has 0 aliphatic carbocycles. The number of para-hydroxylation sites is 1. The molecule has 7 heteroatoms. The highest BCUT2D eigenvalue weighted by atomic mass is 35.5. The second kappa shape index (κ2) is 8.67. The number of rotatable bonds is 6. The molecule has 5 nitrogen and oxygen atoms in total. The van der Waals surface area contributed by atoms with Gasteiger partial charge in [-0.15, -0.1) is 0 Å². The molecule has 146 valence electrons. The average molecular weight is 418 g/mol. The van der Waals surface area contributed by atoms with Crippen LogP contribution in [0.5, 0.6) is 0 Å². The first-order valence-corrected chi connectivity index (χ1v) is 9.71. The normalized spacial score (nSPS) is 10.9. The molecule has 0 saturated carbocycles. The molecule has 2 N–H and O–H groups in total. The molecule has 0 bridgehead atoms. The average Bonchev–Trinajstić information content (AvgIpc) is 2.70. The van der Waals surface area contributed by atoms with Gasteiger partial charge in [0.25, 0.3) is 11.5 Å². The standard InChI is InChI=1S/C21H21Cl2N3O2/c1-24-19-18(14-7-3-4-8-17(14)26(2)21(19)28)20(27)25-11-5-6-13-9-10-15(22)16(23)12-13/h3-4,7-10,12,24H,5-6,11H2,1-2H3,(H,25,27). The second-order valence-electron chi connectivity index (χ2n) is 6.49. The Kier molecular flexibility index (Phi) is 6.27. The van der Waals surface area contributed by atoms with Crippen LogP contribution in [0.1, 0.15) is 22.3 Å². The molecular weight excluding hydrogens is 397 g/mol. The summed E-state index contributed by atoms with van der Waals surface area (Å²) in [6.45, 7) is 0.478. The Morgan fingerprint density at radius 1 is 1.11 bits per heavy atom. The molecule has 0 spiro atoms. The van der Waals surface area contributed by atoms with Crippen molar-refractivity contribution in [2.75, 3.05) is 18.9 Å². The van der Waals surface area contributed by atoms with Gasteiger partial charge in [-0.1, -0.05) is 47.5 Å². The number of fused-ring (bicyclic) bond motifs is 1. The first-order valence-electron chi connectivity index (χ1n) is 8.95. The lowest BCUT2D eigenvalue weighted by Gasteiger charge is -2.15. The van der Waals surface area contributed by atoms with E-state index in [1.165, 1.54) is 0 Å². The zero-order valence-corrected chi connectivity index (χ0v) is 17.2. The lowest BCUT2D eigenvalue weighted by molar-refractivity contribution is 0.0955. The fourth-order valence-corrected chi connectivity index (χ4v) is 3.56. The van der Waals surface area contributed by atoms with Crippen molar-refractivity contribution in [3.8, 4) is 0 Å². The maximum absolute atomic E-state index is 12.9. The van der Waals surface area contributed by atoms with E-state index in [0.29, 0.717) is 33.4 Å². The lowest BCUT2D eigenvalue weighted by atomic mass is 10.1. The summed E-state index contributed by atoms with van der Waals surface area (Å²) in [5.41, 5.74) is 2.20. The summed E-state index contributed by atoms with van der Waals surface area (Å²) < 4.78 is 1.54. The molecule has 1 heterocycles. The van der Waals surface area contributed by atoms with E-state index < -0.39 is 0 Å². The minimum Gasteiger partial charge on any atom is -0.383 e. The van der Waals surface area contributed by atoms with Crippen molar-refractivity contribution in [3.05, 3.63) is 74.0 Å². The van der Waals surface area contributed by atoms with Crippen molar-refractivity contribution >= 4 is 45.7 Å². The van der Waals surface area contributed by atoms with Crippen LogP contribution in [-0.2, 0) is 13.5 Å². The maximum atomic E-state index is 12.9. The molecule has 28 heavy (non-hydrogen) atoms. The van der Waals surface area contributed by atoms with E-state index in [4.69, 9.17) is 23.2 Å². The summed E-state index contributed by atoms with van der Waals surface area (Å²) in [7, 11) is 3.34. The molecule has 1 amide bonds. The van der Waals surface area contributed by atoms with Crippen molar-refractivity contribution < 1.29 is 4.79 Å². The van der Waals surface area contributed by atoms with Gasteiger partial charge < -0.3 is 15.2 Å². The predicted molar refractivity (Wildman–Crippen MR) is 116 cm³/mol. The quantitative estimate of drug-likeness (QED) is 0.589. The van der Waals surface area contributed by atoms with Crippen molar-refractivity contribution in [3.63, 3.8) is 0 Å². The van der Waals surface area contributed by atoms with Gasteiger partial charge in [0, 0.05) is 26.0 Å². The van der Waals surface area contributed by atoms with Gasteiger partial charge >= 0.3 is 0 Å². The predicted octanol–water partition coefficient (Wildman–Crippen LogP) is 4.25. The van der Waals surface area contributed by atoms with E-state index >= 15 is 0 Å². The fourth-order valence-electron chi connectivity index (χ4n) is 3.24. The van der Waals surface area contributed by atoms with Gasteiger partial charge in [-0.25, -0.2) is 0 Å². The molecule has 1 aromatic heterocycles. The Morgan fingerprint density at radius 2 is 1.86 bits per heavy atom. The number of nitrogens with zero attached hydrogens (tertiary/aromatic N) is 1. The molecule has 0 radical (unpaired) electrons. The SMILES string of the molecule is CNc1c(C(=O)NCCCc2ccc(Cl)c(Cl)c2)c2ccccc2n(C)c1=O. The summed E-state index contributed by atoms with van der Waals surface area (Å²) in [5, 5.41) is 7.58. The van der Waals surface area contributed by atoms with Gasteiger partial charge in [-0.3, -0.25) is 9.59 Å². The van der Waals surface area contributed by atoms with E-state index in [9.17, 15) is 9.59 Å². The zero-order valence-electron chi connectivity index (χ0n) is 15.7. The summed E-state index contributed by atoms with van der Waals surface area (Å²) >= 11 is 12.0. The highest BCUT2D eigenvalue weighted by molar-refractivity contribution is 6.42. The monoisotopic (exact) mass is 417 g/mol. The third kappa shape index (κ3) is 4.01. The summed E-state index contributed by atoms with van der Waals surface area (Å²) in [5.74, 6) is -0.271. The van der Waals surface area contributed by atoms with Gasteiger partial charge in [0.2, 0.25) is 0 Å². The summed E-state index contributed by atoms with van der Waals surface area (Å²) in [4.78, 5) is 25.5. The van der Waals surface area contributed by atoms with Gasteiger partial charge in [0.05, 0.1) is 21.1 Å². The van der Waals surface area contributed by atoms with Crippen LogP contribution in [0.25, 0.3) is 10.9 Å². The minimum absolute atomic E-state index is 0.234. The molecule has 0 fully saturated rings. The molecule has 0 aliphatic heterocycles. The smallest absolute Gasteiger partial charge is 0.274 e. The number of anilines is 1. The summed E-state index contributed by atoms with van der Waals surface area (Å²) in [6, 6.07) is 12.9. The highest BCUT2D eigenvalue weighted by Crippen LogP contribution is 2.24. The van der Waals surface area contributed by atoms with E-state index in [0.717, 1.165) is 23.8 Å². The van der Waals surface area contributed by atoms with E-state index in [1.807, 2.05) is 36.4 Å². The molecule has 0 aliphatic rings. The van der Waals surface area contributed by atoms with Gasteiger partial charge in [0.15, 0.2) is 0 Å². The second-order valence-corrected chi connectivity index (χ2v) is 7.30. The number of hydrogen-bond donors (Lipinski definition) is 2. The van der Waals surface area contributed by atoms with Gasteiger partial charge in [-0.05, 0) is 36.6 Å². The van der Waals surface area contributed by atoms with Crippen LogP contribution < -0.4 is 16.2 Å². The zero-order chi connectivity index (χ0) is 20.3. The van der Waals surface area contributed by atoms with Crippen LogP contribution >= 0.6 is 23.2 Å². The third-order valence-corrected chi connectivity index (χ3v) is 5.43. The van der Waals surface area contributed by atoms with Crippen LogP contribution in [-0.4, -0.2) is 24.1 Å². The number of aromatic nitrogens is 1. The van der Waals surface area contributed by atoms with Crippen LogP contribution in [0.4, 0.5) is 5.69 Å². The topological polar surface area (TPSA) is 63.1 Å². The van der Waals surface area contributed by atoms with Crippen molar-refractivity contribution in [2.24, 2.45) is 7.05 Å². The van der Waals surface area contributed by atoms with Gasteiger partial charge in [-0.2, -0.15) is 0 Å². The number of nitrogens with one attached hydrogen (secondary N) is 2. The van der Waals surface area contributed by atoms with E-state index in [2.05, 4.69) is 10.6 Å². The number of amides is 1. The van der Waals surface area contributed by atoms with Crippen molar-refractivity contribution in [2.45, 2.75) is 12.8 Å². The van der Waals surface area contributed by atoms with E-state index in [-0.39, 0.29) is 11.5 Å². The molecule has 3 rings (SSSR count). The highest BCUT2D eigenvalue weighted by Gasteiger charge is 2.19. The molecule has 0 atom stereocenters. The molecule has 0 unspecified atom stereocenters. The first-order chi connectivity index (χ1) is 13.4. The van der Waals surface area contributed by atoms with Crippen molar-refractivity contribution in [1.29, 1.82) is 0 Å². The summed E-state index contributed by atoms with van der Waals surface area (Å²) in [6.07, 6.45) is 1.49. The van der Waals surface area contributed by atoms with Crippen LogP contribution in [0, 0.1) is 0 Å². The number of benzene rings is 2. The minimum atomic E-state index is -0.271. The van der Waals surface area contributed by atoms with Crippen molar-refractivity contribution in [1.82, 2.24) is 9.88 Å². The van der Waals surface area contributed by atoms with Crippen LogP contribution in [0.3, 0.4) is 0 Å². The van der Waals surface area contributed by atoms with Crippen LogP contribution in [0.2, 0.25) is 10.0 Å². The number of hydrogen-bond acceptors (Lipinski definition) is 3. The Balaban J connectivity index is 1.77. The van der Waals surface area contributed by atoms with E-state index in [1.54, 1.807) is 24.7 Å². The van der Waals surface area contributed by atoms with Gasteiger partial charge in [0.1, 0.15) is 5.69 Å². The number of carbonyl (C=O) groups is 1. The number of carbonyl (C=O) groups excluding carboxylic acids is 1. The fraction of sp³-hybridized carbons (Fsp3) is 0.238.